The van der Waals surface area contributed by atoms with E-state index in [9.17, 15) is 19.7 Å². The number of nitrogens with one attached hydrogen (secondary N) is 3. The van der Waals surface area contributed by atoms with E-state index >= 15 is 0 Å². The van der Waals surface area contributed by atoms with Crippen LogP contribution in [0, 0.1) is 10.1 Å². The first-order chi connectivity index (χ1) is 14.3. The van der Waals surface area contributed by atoms with Crippen molar-refractivity contribution in [2.45, 2.75) is 26.3 Å². The van der Waals surface area contributed by atoms with Gasteiger partial charge in [0, 0.05) is 11.8 Å². The van der Waals surface area contributed by atoms with E-state index in [4.69, 9.17) is 4.74 Å². The van der Waals surface area contributed by atoms with Gasteiger partial charge in [-0.2, -0.15) is 0 Å². The molecule has 0 spiro atoms. The smallest absolute Gasteiger partial charge is 0.282 e. The third-order valence-electron chi connectivity index (χ3n) is 4.90. The first kappa shape index (κ1) is 22.8. The van der Waals surface area contributed by atoms with Gasteiger partial charge in [-0.1, -0.05) is 25.1 Å². The SMILES string of the molecule is CCc1ccccc1NC(=O)C[NH+](C)[C@@H](C)C(=O)Nc1ccc([N+](=O)[O-])cc1OC. The Labute approximate surface area is 175 Å². The molecule has 1 unspecified atom stereocenters. The fourth-order valence-electron chi connectivity index (χ4n) is 2.91. The van der Waals surface area contributed by atoms with Gasteiger partial charge >= 0.3 is 0 Å². The van der Waals surface area contributed by atoms with Crippen molar-refractivity contribution in [1.29, 1.82) is 0 Å². The summed E-state index contributed by atoms with van der Waals surface area (Å²) in [4.78, 5) is 36.1. The summed E-state index contributed by atoms with van der Waals surface area (Å²) in [7, 11) is 3.12. The number of rotatable bonds is 9. The topological polar surface area (TPSA) is 115 Å². The molecule has 2 rings (SSSR count). The molecular weight excluding hydrogens is 388 g/mol. The monoisotopic (exact) mass is 415 g/mol. The van der Waals surface area contributed by atoms with Crippen LogP contribution in [-0.2, 0) is 16.0 Å². The molecule has 9 nitrogen and oxygen atoms in total. The molecule has 2 amide bonds. The average Bonchev–Trinajstić information content (AvgIpc) is 2.73. The number of anilines is 2. The van der Waals surface area contributed by atoms with E-state index in [2.05, 4.69) is 10.6 Å². The third kappa shape index (κ3) is 5.77. The van der Waals surface area contributed by atoms with Crippen molar-refractivity contribution >= 4 is 28.9 Å². The number of quaternary nitrogens is 1. The van der Waals surface area contributed by atoms with Gasteiger partial charge in [0.15, 0.2) is 12.6 Å². The number of nitro benzene ring substituents is 1. The number of non-ortho nitro benzene ring substituents is 1. The number of hydrogen-bond donors (Lipinski definition) is 3. The summed E-state index contributed by atoms with van der Waals surface area (Å²) in [5, 5.41) is 16.5. The van der Waals surface area contributed by atoms with E-state index in [1.807, 2.05) is 31.2 Å². The highest BCUT2D eigenvalue weighted by Gasteiger charge is 2.25. The van der Waals surface area contributed by atoms with Crippen molar-refractivity contribution < 1.29 is 24.1 Å². The molecule has 0 radical (unpaired) electrons. The molecule has 2 atom stereocenters. The number of ether oxygens (including phenoxy) is 1. The summed E-state index contributed by atoms with van der Waals surface area (Å²) in [6, 6.07) is 11.0. The molecule has 0 saturated heterocycles. The summed E-state index contributed by atoms with van der Waals surface area (Å²) in [6.07, 6.45) is 0.801. The van der Waals surface area contributed by atoms with Crippen LogP contribution in [0.5, 0.6) is 5.75 Å². The molecule has 0 fully saturated rings. The predicted molar refractivity (Wildman–Crippen MR) is 114 cm³/mol. The van der Waals surface area contributed by atoms with Gasteiger partial charge in [0.25, 0.3) is 17.5 Å². The zero-order chi connectivity index (χ0) is 22.3. The maximum Gasteiger partial charge on any atom is 0.282 e. The van der Waals surface area contributed by atoms with Gasteiger partial charge in [-0.15, -0.1) is 0 Å². The molecular formula is C21H27N4O5+. The van der Waals surface area contributed by atoms with E-state index in [0.717, 1.165) is 17.7 Å². The van der Waals surface area contributed by atoms with Gasteiger partial charge in [-0.3, -0.25) is 19.7 Å². The quantitative estimate of drug-likeness (QED) is 0.426. The van der Waals surface area contributed by atoms with E-state index in [1.165, 1.54) is 25.3 Å². The van der Waals surface area contributed by atoms with E-state index < -0.39 is 11.0 Å². The molecule has 0 heterocycles. The molecule has 0 saturated carbocycles. The first-order valence-corrected chi connectivity index (χ1v) is 9.60. The molecule has 9 heteroatoms. The van der Waals surface area contributed by atoms with Crippen LogP contribution in [0.25, 0.3) is 0 Å². The highest BCUT2D eigenvalue weighted by molar-refractivity contribution is 5.96. The Morgan fingerprint density at radius 1 is 1.17 bits per heavy atom. The number of para-hydroxylation sites is 1. The van der Waals surface area contributed by atoms with Crippen LogP contribution in [0.2, 0.25) is 0 Å². The van der Waals surface area contributed by atoms with Gasteiger partial charge in [-0.25, -0.2) is 0 Å². The lowest BCUT2D eigenvalue weighted by molar-refractivity contribution is -0.885. The number of amides is 2. The Bertz CT molecular complexity index is 931. The van der Waals surface area contributed by atoms with Gasteiger partial charge in [0.05, 0.1) is 30.8 Å². The number of nitro groups is 1. The Kier molecular flexibility index (Phi) is 7.88. The van der Waals surface area contributed by atoms with Crippen molar-refractivity contribution in [3.8, 4) is 5.75 Å². The van der Waals surface area contributed by atoms with E-state index in [1.54, 1.807) is 14.0 Å². The highest BCUT2D eigenvalue weighted by Crippen LogP contribution is 2.28. The molecule has 0 bridgehead atoms. The van der Waals surface area contributed by atoms with Crippen LogP contribution in [0.3, 0.4) is 0 Å². The summed E-state index contributed by atoms with van der Waals surface area (Å²) >= 11 is 0. The van der Waals surface area contributed by atoms with Crippen molar-refractivity contribution in [1.82, 2.24) is 0 Å². The Balaban J connectivity index is 2.00. The van der Waals surface area contributed by atoms with Gasteiger partial charge in [-0.05, 0) is 31.0 Å². The lowest BCUT2D eigenvalue weighted by Gasteiger charge is -2.21. The number of carbonyl (C=O) groups is 2. The lowest BCUT2D eigenvalue weighted by atomic mass is 10.1. The molecule has 30 heavy (non-hydrogen) atoms. The highest BCUT2D eigenvalue weighted by atomic mass is 16.6. The fraction of sp³-hybridized carbons (Fsp3) is 0.333. The minimum absolute atomic E-state index is 0.101. The maximum atomic E-state index is 12.6. The van der Waals surface area contributed by atoms with Gasteiger partial charge in [0.2, 0.25) is 0 Å². The number of benzene rings is 2. The minimum Gasteiger partial charge on any atom is -0.494 e. The summed E-state index contributed by atoms with van der Waals surface area (Å²) in [6.45, 7) is 3.82. The van der Waals surface area contributed by atoms with E-state index in [0.29, 0.717) is 10.6 Å². The van der Waals surface area contributed by atoms with Crippen molar-refractivity contribution in [3.63, 3.8) is 0 Å². The molecule has 0 aliphatic carbocycles. The molecule has 0 aliphatic rings. The second-order valence-electron chi connectivity index (χ2n) is 6.93. The summed E-state index contributed by atoms with van der Waals surface area (Å²) in [5.41, 5.74) is 2.00. The molecule has 3 N–H and O–H groups in total. The standard InChI is InChI=1S/C21H26N4O5/c1-5-15-8-6-7-9-17(15)22-20(26)13-24(3)14(2)21(27)23-18-11-10-16(25(28)29)12-19(18)30-4/h6-12,14H,5,13H2,1-4H3,(H,22,26)(H,23,27)/p+1/t14-/m0/s1. The van der Waals surface area contributed by atoms with Crippen LogP contribution in [-0.4, -0.2) is 43.5 Å². The van der Waals surface area contributed by atoms with Crippen LogP contribution >= 0.6 is 0 Å². The Morgan fingerprint density at radius 2 is 1.87 bits per heavy atom. The average molecular weight is 415 g/mol. The van der Waals surface area contributed by atoms with Crippen molar-refractivity contribution in [3.05, 3.63) is 58.1 Å². The molecule has 160 valence electrons. The fourth-order valence-corrected chi connectivity index (χ4v) is 2.91. The van der Waals surface area contributed by atoms with E-state index in [-0.39, 0.29) is 29.8 Å². The lowest BCUT2D eigenvalue weighted by Crippen LogP contribution is -3.14. The number of nitrogens with zero attached hydrogens (tertiary/aromatic N) is 1. The van der Waals surface area contributed by atoms with Crippen molar-refractivity contribution in [2.75, 3.05) is 31.3 Å². The van der Waals surface area contributed by atoms with Crippen LogP contribution < -0.4 is 20.3 Å². The van der Waals surface area contributed by atoms with Gasteiger partial charge in [0.1, 0.15) is 5.75 Å². The van der Waals surface area contributed by atoms with Crippen LogP contribution in [0.1, 0.15) is 19.4 Å². The number of hydrogen-bond acceptors (Lipinski definition) is 5. The summed E-state index contributed by atoms with van der Waals surface area (Å²) in [5.74, 6) is -0.335. The second-order valence-corrected chi connectivity index (χ2v) is 6.93. The summed E-state index contributed by atoms with van der Waals surface area (Å²) < 4.78 is 5.14. The number of aryl methyl sites for hydroxylation is 1. The second kappa shape index (κ2) is 10.4. The van der Waals surface area contributed by atoms with Crippen molar-refractivity contribution in [2.24, 2.45) is 0 Å². The maximum absolute atomic E-state index is 12.6. The normalized spacial score (nSPS) is 12.5. The molecule has 2 aromatic carbocycles. The zero-order valence-corrected chi connectivity index (χ0v) is 17.5. The van der Waals surface area contributed by atoms with Gasteiger partial charge < -0.3 is 20.3 Å². The Hall–Kier alpha value is -3.46. The number of carbonyl (C=O) groups excluding carboxylic acids is 2. The first-order valence-electron chi connectivity index (χ1n) is 9.60. The Morgan fingerprint density at radius 3 is 2.50 bits per heavy atom. The zero-order valence-electron chi connectivity index (χ0n) is 17.5. The predicted octanol–water partition coefficient (Wildman–Crippen LogP) is 1.65. The largest absolute Gasteiger partial charge is 0.494 e. The molecule has 2 aromatic rings. The number of likely N-dealkylation sites (N-methyl/N-ethyl adjacent to an activating group) is 1. The minimum atomic E-state index is -0.544. The van der Waals surface area contributed by atoms with Crippen LogP contribution in [0.15, 0.2) is 42.5 Å². The number of methoxy groups -OCH3 is 1. The van der Waals surface area contributed by atoms with Crippen LogP contribution in [0.4, 0.5) is 17.1 Å². The molecule has 0 aromatic heterocycles. The molecule has 0 aliphatic heterocycles. The third-order valence-corrected chi connectivity index (χ3v) is 4.90.